The van der Waals surface area contributed by atoms with Crippen LogP contribution in [0.4, 0.5) is 4.39 Å². The molecule has 0 radical (unpaired) electrons. The fraction of sp³-hybridized carbons (Fsp3) is 0.632. The van der Waals surface area contributed by atoms with Crippen LogP contribution < -0.4 is 5.32 Å². The Morgan fingerprint density at radius 2 is 1.92 bits per heavy atom. The number of morpholine rings is 1. The highest BCUT2D eigenvalue weighted by Crippen LogP contribution is 2.15. The van der Waals surface area contributed by atoms with E-state index in [-0.39, 0.29) is 18.1 Å². The molecule has 1 aromatic carbocycles. The minimum absolute atomic E-state index is 0.100. The van der Waals surface area contributed by atoms with Gasteiger partial charge in [0.2, 0.25) is 5.91 Å². The van der Waals surface area contributed by atoms with Crippen LogP contribution in [0.3, 0.4) is 0 Å². The number of likely N-dealkylation sites (tertiary alicyclic amines) is 1. The quantitative estimate of drug-likeness (QED) is 0.802. The van der Waals surface area contributed by atoms with Crippen LogP contribution in [-0.4, -0.2) is 74.7 Å². The van der Waals surface area contributed by atoms with Gasteiger partial charge in [0, 0.05) is 39.3 Å². The molecule has 5 nitrogen and oxygen atoms in total. The molecule has 2 heterocycles. The van der Waals surface area contributed by atoms with Gasteiger partial charge >= 0.3 is 0 Å². The predicted octanol–water partition coefficient (Wildman–Crippen LogP) is 1.14. The van der Waals surface area contributed by atoms with Gasteiger partial charge in [0.05, 0.1) is 19.6 Å². The molecular weight excluding hydrogens is 321 g/mol. The molecule has 3 rings (SSSR count). The lowest BCUT2D eigenvalue weighted by Crippen LogP contribution is -2.41. The van der Waals surface area contributed by atoms with Crippen molar-refractivity contribution in [2.75, 3.05) is 59.0 Å². The predicted molar refractivity (Wildman–Crippen MR) is 94.9 cm³/mol. The molecule has 6 heteroatoms. The van der Waals surface area contributed by atoms with E-state index in [1.54, 1.807) is 18.2 Å². The number of halogens is 1. The molecule has 0 spiro atoms. The molecule has 0 bridgehead atoms. The van der Waals surface area contributed by atoms with Gasteiger partial charge in [0.15, 0.2) is 0 Å². The smallest absolute Gasteiger partial charge is 0.224 e. The van der Waals surface area contributed by atoms with Crippen LogP contribution in [0, 0.1) is 11.7 Å². The maximum atomic E-state index is 13.6. The van der Waals surface area contributed by atoms with Crippen LogP contribution in [0.25, 0.3) is 0 Å². The number of ether oxygens (including phenoxy) is 1. The Morgan fingerprint density at radius 3 is 2.72 bits per heavy atom. The lowest BCUT2D eigenvalue weighted by atomic mass is 10.1. The van der Waals surface area contributed by atoms with Crippen LogP contribution in [0.2, 0.25) is 0 Å². The van der Waals surface area contributed by atoms with Crippen molar-refractivity contribution in [1.82, 2.24) is 15.1 Å². The molecule has 138 valence electrons. The first-order chi connectivity index (χ1) is 12.2. The Labute approximate surface area is 149 Å². The van der Waals surface area contributed by atoms with E-state index in [9.17, 15) is 9.18 Å². The van der Waals surface area contributed by atoms with Crippen LogP contribution in [0.1, 0.15) is 12.0 Å². The van der Waals surface area contributed by atoms with Crippen molar-refractivity contribution in [2.45, 2.75) is 12.8 Å². The van der Waals surface area contributed by atoms with Crippen molar-refractivity contribution in [3.05, 3.63) is 35.6 Å². The first-order valence-electron chi connectivity index (χ1n) is 9.23. The molecule has 1 N–H and O–H groups in total. The number of hydrogen-bond donors (Lipinski definition) is 1. The maximum absolute atomic E-state index is 13.6. The van der Waals surface area contributed by atoms with Crippen molar-refractivity contribution in [3.63, 3.8) is 0 Å². The van der Waals surface area contributed by atoms with E-state index in [1.807, 2.05) is 0 Å². The van der Waals surface area contributed by atoms with Crippen molar-refractivity contribution in [1.29, 1.82) is 0 Å². The molecule has 1 amide bonds. The molecule has 0 aromatic heterocycles. The summed E-state index contributed by atoms with van der Waals surface area (Å²) >= 11 is 0. The number of carbonyl (C=O) groups is 1. The van der Waals surface area contributed by atoms with E-state index in [2.05, 4.69) is 15.1 Å². The van der Waals surface area contributed by atoms with Crippen molar-refractivity contribution < 1.29 is 13.9 Å². The zero-order valence-electron chi connectivity index (χ0n) is 14.8. The Balaban J connectivity index is 1.32. The van der Waals surface area contributed by atoms with E-state index < -0.39 is 0 Å². The zero-order chi connectivity index (χ0) is 17.5. The number of nitrogens with one attached hydrogen (secondary N) is 1. The lowest BCUT2D eigenvalue weighted by molar-refractivity contribution is -0.120. The highest BCUT2D eigenvalue weighted by atomic mass is 19.1. The third-order valence-corrected chi connectivity index (χ3v) is 5.10. The van der Waals surface area contributed by atoms with E-state index in [0.717, 1.165) is 58.9 Å². The number of nitrogens with zero attached hydrogens (tertiary/aromatic N) is 2. The third-order valence-electron chi connectivity index (χ3n) is 5.10. The average Bonchev–Trinajstić information content (AvgIpc) is 3.09. The maximum Gasteiger partial charge on any atom is 0.224 e. The summed E-state index contributed by atoms with van der Waals surface area (Å²) in [6, 6.07) is 6.46. The van der Waals surface area contributed by atoms with Crippen molar-refractivity contribution >= 4 is 5.91 Å². The van der Waals surface area contributed by atoms with Crippen molar-refractivity contribution in [2.24, 2.45) is 5.92 Å². The minimum Gasteiger partial charge on any atom is -0.379 e. The first-order valence-corrected chi connectivity index (χ1v) is 9.23. The number of benzene rings is 1. The molecule has 0 saturated carbocycles. The second-order valence-electron chi connectivity index (χ2n) is 6.98. The van der Waals surface area contributed by atoms with Gasteiger partial charge in [-0.3, -0.25) is 9.69 Å². The standard InChI is InChI=1S/C19H28FN3O2/c20-18-4-2-1-3-17(18)13-19(24)21-14-16-5-6-23(15-16)8-7-22-9-11-25-12-10-22/h1-4,16H,5-15H2,(H,21,24)/t16-/m1/s1. The number of amides is 1. The van der Waals surface area contributed by atoms with Gasteiger partial charge in [-0.05, 0) is 30.5 Å². The molecule has 2 aliphatic rings. The summed E-state index contributed by atoms with van der Waals surface area (Å²) < 4.78 is 19.0. The lowest BCUT2D eigenvalue weighted by Gasteiger charge is -2.28. The summed E-state index contributed by atoms with van der Waals surface area (Å²) in [6.07, 6.45) is 1.23. The first kappa shape index (κ1) is 18.3. The minimum atomic E-state index is -0.312. The molecule has 2 aliphatic heterocycles. The molecule has 0 aliphatic carbocycles. The summed E-state index contributed by atoms with van der Waals surface area (Å²) in [6.45, 7) is 8.74. The molecule has 2 saturated heterocycles. The van der Waals surface area contributed by atoms with Gasteiger partial charge in [-0.25, -0.2) is 4.39 Å². The Hall–Kier alpha value is -1.50. The van der Waals surface area contributed by atoms with Gasteiger partial charge < -0.3 is 15.0 Å². The van der Waals surface area contributed by atoms with Crippen LogP contribution in [0.5, 0.6) is 0 Å². The zero-order valence-corrected chi connectivity index (χ0v) is 14.8. The molecule has 1 atom stereocenters. The van der Waals surface area contributed by atoms with Crippen LogP contribution in [-0.2, 0) is 16.0 Å². The van der Waals surface area contributed by atoms with Gasteiger partial charge in [0.1, 0.15) is 5.82 Å². The van der Waals surface area contributed by atoms with Gasteiger partial charge in [-0.15, -0.1) is 0 Å². The summed E-state index contributed by atoms with van der Waals surface area (Å²) in [7, 11) is 0. The van der Waals surface area contributed by atoms with Gasteiger partial charge in [-0.1, -0.05) is 18.2 Å². The second-order valence-corrected chi connectivity index (χ2v) is 6.98. The summed E-state index contributed by atoms with van der Waals surface area (Å²) in [5, 5.41) is 2.97. The topological polar surface area (TPSA) is 44.8 Å². The van der Waals surface area contributed by atoms with E-state index in [4.69, 9.17) is 4.74 Å². The average molecular weight is 349 g/mol. The Bertz CT molecular complexity index is 563. The highest BCUT2D eigenvalue weighted by Gasteiger charge is 2.23. The Kier molecular flexibility index (Phi) is 6.78. The fourth-order valence-electron chi connectivity index (χ4n) is 3.53. The monoisotopic (exact) mass is 349 g/mol. The summed E-state index contributed by atoms with van der Waals surface area (Å²) in [5.41, 5.74) is 0.457. The second kappa shape index (κ2) is 9.27. The molecule has 0 unspecified atom stereocenters. The molecule has 1 aromatic rings. The van der Waals surface area contributed by atoms with E-state index in [0.29, 0.717) is 18.0 Å². The van der Waals surface area contributed by atoms with E-state index in [1.165, 1.54) is 6.07 Å². The largest absolute Gasteiger partial charge is 0.379 e. The highest BCUT2D eigenvalue weighted by molar-refractivity contribution is 5.78. The van der Waals surface area contributed by atoms with Gasteiger partial charge in [0.25, 0.3) is 0 Å². The molecule has 2 fully saturated rings. The Morgan fingerprint density at radius 1 is 1.16 bits per heavy atom. The van der Waals surface area contributed by atoms with Crippen molar-refractivity contribution in [3.8, 4) is 0 Å². The SMILES string of the molecule is O=C(Cc1ccccc1F)NC[C@H]1CCN(CCN2CCOCC2)C1. The summed E-state index contributed by atoms with van der Waals surface area (Å²) in [5.74, 6) is 0.0823. The van der Waals surface area contributed by atoms with Crippen LogP contribution >= 0.6 is 0 Å². The van der Waals surface area contributed by atoms with Gasteiger partial charge in [-0.2, -0.15) is 0 Å². The fourth-order valence-corrected chi connectivity index (χ4v) is 3.53. The number of carbonyl (C=O) groups excluding carboxylic acids is 1. The number of rotatable bonds is 7. The van der Waals surface area contributed by atoms with Crippen LogP contribution in [0.15, 0.2) is 24.3 Å². The van der Waals surface area contributed by atoms with E-state index >= 15 is 0 Å². The molecule has 25 heavy (non-hydrogen) atoms. The molecular formula is C19H28FN3O2. The normalized spacial score (nSPS) is 22.2. The third kappa shape index (κ3) is 5.76. The summed E-state index contributed by atoms with van der Waals surface area (Å²) in [4.78, 5) is 17.0. The number of hydrogen-bond acceptors (Lipinski definition) is 4.